The fourth-order valence-corrected chi connectivity index (χ4v) is 3.32. The van der Waals surface area contributed by atoms with Crippen molar-refractivity contribution in [3.8, 4) is 0 Å². The van der Waals surface area contributed by atoms with Gasteiger partial charge in [0, 0.05) is 18.8 Å². The zero-order chi connectivity index (χ0) is 22.4. The van der Waals surface area contributed by atoms with Crippen molar-refractivity contribution in [2.75, 3.05) is 32.1 Å². The Kier molecular flexibility index (Phi) is 7.07. The highest BCUT2D eigenvalue weighted by atomic mass is 16.5. The van der Waals surface area contributed by atoms with Crippen LogP contribution < -0.4 is 5.32 Å². The van der Waals surface area contributed by atoms with E-state index in [0.29, 0.717) is 37.2 Å². The van der Waals surface area contributed by atoms with Gasteiger partial charge < -0.3 is 24.1 Å². The second-order valence-corrected chi connectivity index (χ2v) is 7.22. The molecule has 0 atom stereocenters. The van der Waals surface area contributed by atoms with E-state index in [9.17, 15) is 19.2 Å². The van der Waals surface area contributed by atoms with Gasteiger partial charge in [-0.25, -0.2) is 4.79 Å². The Hall–Kier alpha value is -3.62. The summed E-state index contributed by atoms with van der Waals surface area (Å²) in [4.78, 5) is 50.1. The lowest BCUT2D eigenvalue weighted by atomic mass is 9.97. The van der Waals surface area contributed by atoms with Crippen molar-refractivity contribution < 1.29 is 33.1 Å². The van der Waals surface area contributed by atoms with Crippen molar-refractivity contribution in [1.82, 2.24) is 4.90 Å². The van der Waals surface area contributed by atoms with Gasteiger partial charge in [-0.1, -0.05) is 6.07 Å². The van der Waals surface area contributed by atoms with Gasteiger partial charge in [0.1, 0.15) is 0 Å². The Morgan fingerprint density at radius 1 is 1.16 bits per heavy atom. The number of anilines is 1. The molecule has 2 aromatic rings. The van der Waals surface area contributed by atoms with Gasteiger partial charge >= 0.3 is 11.9 Å². The van der Waals surface area contributed by atoms with E-state index in [1.165, 1.54) is 19.4 Å². The number of nitrogens with one attached hydrogen (secondary N) is 1. The quantitative estimate of drug-likeness (QED) is 0.703. The summed E-state index contributed by atoms with van der Waals surface area (Å²) in [5.41, 5.74) is 1.49. The van der Waals surface area contributed by atoms with Gasteiger partial charge in [0.15, 0.2) is 12.4 Å². The molecule has 2 amide bonds. The van der Waals surface area contributed by atoms with Crippen molar-refractivity contribution in [3.63, 3.8) is 0 Å². The lowest BCUT2D eigenvalue weighted by Gasteiger charge is -2.30. The van der Waals surface area contributed by atoms with Gasteiger partial charge in [-0.3, -0.25) is 14.4 Å². The average molecular weight is 428 g/mol. The van der Waals surface area contributed by atoms with Crippen LogP contribution in [0.5, 0.6) is 0 Å². The third-order valence-corrected chi connectivity index (χ3v) is 5.13. The first kappa shape index (κ1) is 22.1. The highest BCUT2D eigenvalue weighted by molar-refractivity contribution is 5.96. The molecular weight excluding hydrogens is 404 g/mol. The Bertz CT molecular complexity index is 960. The molecule has 1 aliphatic rings. The monoisotopic (exact) mass is 428 g/mol. The molecule has 1 aliphatic heterocycles. The Morgan fingerprint density at radius 3 is 2.55 bits per heavy atom. The van der Waals surface area contributed by atoms with Crippen LogP contribution >= 0.6 is 0 Å². The fraction of sp³-hybridized carbons (Fsp3) is 0.364. The number of aryl methyl sites for hydroxylation is 1. The first-order chi connectivity index (χ1) is 14.9. The maximum absolute atomic E-state index is 12.3. The minimum Gasteiger partial charge on any atom is -0.465 e. The van der Waals surface area contributed by atoms with E-state index in [0.717, 1.165) is 5.56 Å². The van der Waals surface area contributed by atoms with Crippen LogP contribution in [0.1, 0.15) is 39.3 Å². The average Bonchev–Trinajstić information content (AvgIpc) is 3.33. The van der Waals surface area contributed by atoms with Crippen LogP contribution in [0.15, 0.2) is 41.0 Å². The number of rotatable bonds is 6. The Labute approximate surface area is 179 Å². The molecule has 31 heavy (non-hydrogen) atoms. The van der Waals surface area contributed by atoms with Crippen molar-refractivity contribution >= 4 is 29.4 Å². The molecule has 0 spiro atoms. The highest BCUT2D eigenvalue weighted by Gasteiger charge is 2.30. The smallest absolute Gasteiger partial charge is 0.337 e. The summed E-state index contributed by atoms with van der Waals surface area (Å²) in [6, 6.07) is 8.04. The molecule has 1 aromatic heterocycles. The van der Waals surface area contributed by atoms with E-state index in [4.69, 9.17) is 9.15 Å². The van der Waals surface area contributed by atoms with Crippen LogP contribution in [0.3, 0.4) is 0 Å². The lowest BCUT2D eigenvalue weighted by molar-refractivity contribution is -0.152. The molecule has 2 heterocycles. The molecule has 0 saturated carbocycles. The third kappa shape index (κ3) is 5.50. The first-order valence-corrected chi connectivity index (χ1v) is 9.87. The van der Waals surface area contributed by atoms with Gasteiger partial charge in [0.2, 0.25) is 0 Å². The van der Waals surface area contributed by atoms with Gasteiger partial charge in [-0.15, -0.1) is 0 Å². The van der Waals surface area contributed by atoms with E-state index in [1.54, 1.807) is 36.1 Å². The number of ether oxygens (including phenoxy) is 2. The number of benzene rings is 1. The normalized spacial score (nSPS) is 14.1. The SMILES string of the molecule is COC(=O)c1ccc(C)c(NC(=O)COC(=O)C2CCN(C(=O)c3ccco3)CC2)c1. The molecule has 0 aliphatic carbocycles. The summed E-state index contributed by atoms with van der Waals surface area (Å²) in [7, 11) is 1.28. The Morgan fingerprint density at radius 2 is 1.90 bits per heavy atom. The number of likely N-dealkylation sites (tertiary alicyclic amines) is 1. The number of hydrogen-bond donors (Lipinski definition) is 1. The van der Waals surface area contributed by atoms with Gasteiger partial charge in [-0.05, 0) is 49.6 Å². The van der Waals surface area contributed by atoms with E-state index < -0.39 is 24.5 Å². The van der Waals surface area contributed by atoms with E-state index in [-0.39, 0.29) is 17.6 Å². The largest absolute Gasteiger partial charge is 0.465 e. The number of furan rings is 1. The molecule has 1 saturated heterocycles. The molecule has 9 nitrogen and oxygen atoms in total. The second kappa shape index (κ2) is 9.92. The standard InChI is InChI=1S/C22H24N2O7/c1-14-5-6-16(21(27)29-2)12-17(14)23-19(25)13-31-22(28)15-7-9-24(10-8-15)20(26)18-4-3-11-30-18/h3-6,11-12,15H,7-10,13H2,1-2H3,(H,23,25). The van der Waals surface area contributed by atoms with E-state index in [2.05, 4.69) is 10.1 Å². The van der Waals surface area contributed by atoms with Gasteiger partial charge in [0.05, 0.1) is 24.9 Å². The third-order valence-electron chi connectivity index (χ3n) is 5.13. The molecular formula is C22H24N2O7. The minimum absolute atomic E-state index is 0.208. The lowest BCUT2D eigenvalue weighted by Crippen LogP contribution is -2.40. The van der Waals surface area contributed by atoms with Gasteiger partial charge in [0.25, 0.3) is 11.8 Å². The summed E-state index contributed by atoms with van der Waals surface area (Å²) in [6.07, 6.45) is 2.34. The number of esters is 2. The van der Waals surface area contributed by atoms with E-state index in [1.807, 2.05) is 0 Å². The van der Waals surface area contributed by atoms with Crippen LogP contribution in [0.25, 0.3) is 0 Å². The van der Waals surface area contributed by atoms with Crippen molar-refractivity contribution in [2.45, 2.75) is 19.8 Å². The molecule has 0 bridgehead atoms. The highest BCUT2D eigenvalue weighted by Crippen LogP contribution is 2.21. The van der Waals surface area contributed by atoms with Crippen molar-refractivity contribution in [1.29, 1.82) is 0 Å². The summed E-state index contributed by atoms with van der Waals surface area (Å²) >= 11 is 0. The molecule has 9 heteroatoms. The van der Waals surface area contributed by atoms with Crippen LogP contribution in [-0.2, 0) is 19.1 Å². The number of hydrogen-bond acceptors (Lipinski definition) is 7. The topological polar surface area (TPSA) is 115 Å². The summed E-state index contributed by atoms with van der Waals surface area (Å²) in [6.45, 7) is 2.16. The number of nitrogens with zero attached hydrogens (tertiary/aromatic N) is 1. The second-order valence-electron chi connectivity index (χ2n) is 7.22. The summed E-state index contributed by atoms with van der Waals surface area (Å²) in [5.74, 6) is -1.81. The van der Waals surface area contributed by atoms with Gasteiger partial charge in [-0.2, -0.15) is 0 Å². The molecule has 0 radical (unpaired) electrons. The van der Waals surface area contributed by atoms with Crippen LogP contribution in [0.4, 0.5) is 5.69 Å². The molecule has 0 unspecified atom stereocenters. The maximum Gasteiger partial charge on any atom is 0.337 e. The van der Waals surface area contributed by atoms with Crippen LogP contribution in [0.2, 0.25) is 0 Å². The zero-order valence-electron chi connectivity index (χ0n) is 17.4. The summed E-state index contributed by atoms with van der Waals surface area (Å²) < 4.78 is 15.0. The van der Waals surface area contributed by atoms with Crippen molar-refractivity contribution in [3.05, 3.63) is 53.5 Å². The van der Waals surface area contributed by atoms with Crippen molar-refractivity contribution in [2.24, 2.45) is 5.92 Å². The fourth-order valence-electron chi connectivity index (χ4n) is 3.32. The number of methoxy groups -OCH3 is 1. The predicted octanol–water partition coefficient (Wildman–Crippen LogP) is 2.41. The number of piperidine rings is 1. The van der Waals surface area contributed by atoms with E-state index >= 15 is 0 Å². The molecule has 3 rings (SSSR count). The minimum atomic E-state index is -0.515. The molecule has 1 aromatic carbocycles. The first-order valence-electron chi connectivity index (χ1n) is 9.87. The summed E-state index contributed by atoms with van der Waals surface area (Å²) in [5, 5.41) is 2.64. The Balaban J connectivity index is 1.46. The number of carbonyl (C=O) groups excluding carboxylic acids is 4. The zero-order valence-corrected chi connectivity index (χ0v) is 17.4. The maximum atomic E-state index is 12.3. The molecule has 1 fully saturated rings. The number of amides is 2. The molecule has 1 N–H and O–H groups in total. The predicted molar refractivity (Wildman–Crippen MR) is 109 cm³/mol. The molecule has 164 valence electrons. The van der Waals surface area contributed by atoms with Crippen LogP contribution in [-0.4, -0.2) is 55.5 Å². The van der Waals surface area contributed by atoms with Crippen LogP contribution in [0, 0.1) is 12.8 Å². The number of carbonyl (C=O) groups is 4.